The summed E-state index contributed by atoms with van der Waals surface area (Å²) in [7, 11) is 0. The van der Waals surface area contributed by atoms with Crippen LogP contribution in [-0.4, -0.2) is 33.6 Å². The van der Waals surface area contributed by atoms with Crippen molar-refractivity contribution in [3.63, 3.8) is 0 Å². The Balaban J connectivity index is 1.69. The van der Waals surface area contributed by atoms with E-state index in [9.17, 15) is 0 Å². The topological polar surface area (TPSA) is 51.5 Å². The van der Waals surface area contributed by atoms with E-state index in [4.69, 9.17) is 4.74 Å². The quantitative estimate of drug-likeness (QED) is 0.875. The number of fused-ring (bicyclic) bond motifs is 1. The zero-order chi connectivity index (χ0) is 11.5. The van der Waals surface area contributed by atoms with Crippen molar-refractivity contribution in [2.24, 2.45) is 0 Å². The van der Waals surface area contributed by atoms with Crippen molar-refractivity contribution in [1.29, 1.82) is 0 Å². The minimum atomic E-state index is 0.306. The van der Waals surface area contributed by atoms with Crippen LogP contribution in [0.15, 0.2) is 24.8 Å². The molecule has 0 radical (unpaired) electrons. The van der Waals surface area contributed by atoms with Gasteiger partial charge in [-0.15, -0.1) is 0 Å². The molecule has 0 bridgehead atoms. The molecule has 0 saturated carbocycles. The van der Waals surface area contributed by atoms with Crippen molar-refractivity contribution in [2.45, 2.75) is 25.4 Å². The molecule has 1 N–H and O–H groups in total. The van der Waals surface area contributed by atoms with E-state index in [-0.39, 0.29) is 0 Å². The molecule has 3 rings (SSSR count). The first kappa shape index (κ1) is 10.5. The molecule has 1 aliphatic rings. The Kier molecular flexibility index (Phi) is 2.92. The minimum Gasteiger partial charge on any atom is -0.376 e. The Morgan fingerprint density at radius 3 is 3.00 bits per heavy atom. The van der Waals surface area contributed by atoms with Crippen molar-refractivity contribution >= 4 is 11.5 Å². The molecule has 0 aromatic carbocycles. The van der Waals surface area contributed by atoms with Gasteiger partial charge in [-0.05, 0) is 19.3 Å². The SMILES string of the molecule is c1cn2ccnc2c(NCC2CCCCO2)n1. The summed E-state index contributed by atoms with van der Waals surface area (Å²) in [5.41, 5.74) is 0.864. The molecule has 1 fully saturated rings. The van der Waals surface area contributed by atoms with E-state index in [1.54, 1.807) is 12.4 Å². The Hall–Kier alpha value is -1.62. The van der Waals surface area contributed by atoms with Crippen molar-refractivity contribution in [3.05, 3.63) is 24.8 Å². The molecule has 3 heterocycles. The number of anilines is 1. The van der Waals surface area contributed by atoms with E-state index in [2.05, 4.69) is 15.3 Å². The zero-order valence-electron chi connectivity index (χ0n) is 9.67. The van der Waals surface area contributed by atoms with Crippen LogP contribution in [0.1, 0.15) is 19.3 Å². The number of rotatable bonds is 3. The molecule has 0 aliphatic carbocycles. The molecule has 5 heteroatoms. The van der Waals surface area contributed by atoms with Crippen LogP contribution in [0.3, 0.4) is 0 Å². The van der Waals surface area contributed by atoms with Gasteiger partial charge in [0.2, 0.25) is 0 Å². The van der Waals surface area contributed by atoms with E-state index in [1.807, 2.05) is 16.8 Å². The van der Waals surface area contributed by atoms with Crippen LogP contribution in [0.25, 0.3) is 5.65 Å². The fraction of sp³-hybridized carbons (Fsp3) is 0.500. The van der Waals surface area contributed by atoms with Crippen LogP contribution in [0.5, 0.6) is 0 Å². The summed E-state index contributed by atoms with van der Waals surface area (Å²) < 4.78 is 7.63. The van der Waals surface area contributed by atoms with Gasteiger partial charge in [0, 0.05) is 37.9 Å². The van der Waals surface area contributed by atoms with Crippen LogP contribution in [0.2, 0.25) is 0 Å². The van der Waals surface area contributed by atoms with Crippen molar-refractivity contribution in [2.75, 3.05) is 18.5 Å². The van der Waals surface area contributed by atoms with Crippen LogP contribution >= 0.6 is 0 Å². The van der Waals surface area contributed by atoms with E-state index in [0.29, 0.717) is 6.10 Å². The predicted octanol–water partition coefficient (Wildman–Crippen LogP) is 1.71. The van der Waals surface area contributed by atoms with Gasteiger partial charge >= 0.3 is 0 Å². The molecule has 2 aromatic heterocycles. The third kappa shape index (κ3) is 2.24. The van der Waals surface area contributed by atoms with Crippen LogP contribution in [0.4, 0.5) is 5.82 Å². The largest absolute Gasteiger partial charge is 0.376 e. The number of hydrogen-bond acceptors (Lipinski definition) is 4. The lowest BCUT2D eigenvalue weighted by Crippen LogP contribution is -2.27. The molecule has 1 atom stereocenters. The fourth-order valence-corrected chi connectivity index (χ4v) is 2.16. The highest BCUT2D eigenvalue weighted by Gasteiger charge is 2.14. The van der Waals surface area contributed by atoms with Gasteiger partial charge in [0.05, 0.1) is 6.10 Å². The number of hydrogen-bond donors (Lipinski definition) is 1. The number of ether oxygens (including phenoxy) is 1. The van der Waals surface area contributed by atoms with Crippen LogP contribution in [-0.2, 0) is 4.74 Å². The summed E-state index contributed by atoms with van der Waals surface area (Å²) >= 11 is 0. The smallest absolute Gasteiger partial charge is 0.180 e. The van der Waals surface area contributed by atoms with Crippen LogP contribution in [0, 0.1) is 0 Å². The Bertz CT molecular complexity index is 490. The summed E-state index contributed by atoms with van der Waals surface area (Å²) in [6.45, 7) is 1.69. The maximum absolute atomic E-state index is 5.68. The highest BCUT2D eigenvalue weighted by atomic mass is 16.5. The molecule has 0 spiro atoms. The first-order valence-electron chi connectivity index (χ1n) is 6.06. The molecular formula is C12H16N4O. The molecule has 17 heavy (non-hydrogen) atoms. The third-order valence-electron chi connectivity index (χ3n) is 3.08. The highest BCUT2D eigenvalue weighted by molar-refractivity contribution is 5.62. The lowest BCUT2D eigenvalue weighted by Gasteiger charge is -2.22. The molecule has 90 valence electrons. The fourth-order valence-electron chi connectivity index (χ4n) is 2.16. The molecule has 1 aliphatic heterocycles. The first-order chi connectivity index (χ1) is 8.43. The molecule has 2 aromatic rings. The Morgan fingerprint density at radius 2 is 2.18 bits per heavy atom. The maximum Gasteiger partial charge on any atom is 0.180 e. The molecule has 1 saturated heterocycles. The number of nitrogens with one attached hydrogen (secondary N) is 1. The lowest BCUT2D eigenvalue weighted by atomic mass is 10.1. The summed E-state index contributed by atoms with van der Waals surface area (Å²) in [6.07, 6.45) is 11.2. The maximum atomic E-state index is 5.68. The van der Waals surface area contributed by atoms with Crippen molar-refractivity contribution in [3.8, 4) is 0 Å². The summed E-state index contributed by atoms with van der Waals surface area (Å²) in [5, 5.41) is 3.32. The molecule has 5 nitrogen and oxygen atoms in total. The van der Waals surface area contributed by atoms with E-state index in [0.717, 1.165) is 31.0 Å². The zero-order valence-corrected chi connectivity index (χ0v) is 9.67. The molecule has 0 amide bonds. The second-order valence-electron chi connectivity index (χ2n) is 4.30. The standard InChI is InChI=1S/C12H16N4O/c1-2-8-17-10(3-1)9-15-11-12-14-5-7-16(12)6-4-13-11/h4-7,10H,1-3,8-9H2,(H,13,15). The van der Waals surface area contributed by atoms with Gasteiger partial charge in [-0.2, -0.15) is 0 Å². The van der Waals surface area contributed by atoms with E-state index >= 15 is 0 Å². The average molecular weight is 232 g/mol. The number of nitrogens with zero attached hydrogens (tertiary/aromatic N) is 3. The lowest BCUT2D eigenvalue weighted by molar-refractivity contribution is 0.0247. The van der Waals surface area contributed by atoms with Gasteiger partial charge in [-0.25, -0.2) is 9.97 Å². The summed E-state index contributed by atoms with van der Waals surface area (Å²) in [5.74, 6) is 0.826. The van der Waals surface area contributed by atoms with Crippen LogP contribution < -0.4 is 5.32 Å². The minimum absolute atomic E-state index is 0.306. The highest BCUT2D eigenvalue weighted by Crippen LogP contribution is 2.15. The van der Waals surface area contributed by atoms with Gasteiger partial charge < -0.3 is 14.5 Å². The van der Waals surface area contributed by atoms with E-state index < -0.39 is 0 Å². The molecular weight excluding hydrogens is 216 g/mol. The van der Waals surface area contributed by atoms with Crippen molar-refractivity contribution < 1.29 is 4.74 Å². The summed E-state index contributed by atoms with van der Waals surface area (Å²) in [6, 6.07) is 0. The van der Waals surface area contributed by atoms with E-state index in [1.165, 1.54) is 12.8 Å². The second-order valence-corrected chi connectivity index (χ2v) is 4.30. The van der Waals surface area contributed by atoms with Gasteiger partial charge in [0.1, 0.15) is 0 Å². The molecule has 1 unspecified atom stereocenters. The summed E-state index contributed by atoms with van der Waals surface area (Å²) in [4.78, 5) is 8.59. The van der Waals surface area contributed by atoms with Gasteiger partial charge in [0.25, 0.3) is 0 Å². The van der Waals surface area contributed by atoms with Gasteiger partial charge in [-0.1, -0.05) is 0 Å². The Morgan fingerprint density at radius 1 is 1.29 bits per heavy atom. The van der Waals surface area contributed by atoms with Crippen molar-refractivity contribution in [1.82, 2.24) is 14.4 Å². The number of imidazole rings is 1. The predicted molar refractivity (Wildman–Crippen MR) is 65.1 cm³/mol. The van der Waals surface area contributed by atoms with Gasteiger partial charge in [0.15, 0.2) is 11.5 Å². The third-order valence-corrected chi connectivity index (χ3v) is 3.08. The Labute approximate surface area is 99.8 Å². The monoisotopic (exact) mass is 232 g/mol. The number of aromatic nitrogens is 3. The first-order valence-corrected chi connectivity index (χ1v) is 6.06. The second kappa shape index (κ2) is 4.71. The normalized spacial score (nSPS) is 20.6. The average Bonchev–Trinajstić information content (AvgIpc) is 2.86. The van der Waals surface area contributed by atoms with Gasteiger partial charge in [-0.3, -0.25) is 0 Å².